The van der Waals surface area contributed by atoms with Crippen LogP contribution in [0.3, 0.4) is 0 Å². The van der Waals surface area contributed by atoms with Crippen molar-refractivity contribution in [1.29, 1.82) is 0 Å². The average molecular weight is 275 g/mol. The first-order valence-electron chi connectivity index (χ1n) is 7.29. The van der Waals surface area contributed by atoms with Crippen molar-refractivity contribution in [3.05, 3.63) is 24.3 Å². The molecule has 5 nitrogen and oxygen atoms in total. The third-order valence-electron chi connectivity index (χ3n) is 3.94. The number of unbranched alkanes of at least 4 members (excludes halogenated alkanes) is 1. The van der Waals surface area contributed by atoms with E-state index in [1.165, 1.54) is 0 Å². The summed E-state index contributed by atoms with van der Waals surface area (Å²) in [7, 11) is 0. The fourth-order valence-corrected chi connectivity index (χ4v) is 2.76. The standard InChI is InChI=1S/C15H21N3O2/c19-12-4-3-7-17-8-10-18(11-9-17)15-16-13-5-1-2-6-14(13)20-15/h1-2,5-6,12,15-16H,3-4,7-11H2. The summed E-state index contributed by atoms with van der Waals surface area (Å²) in [4.78, 5) is 15.1. The Morgan fingerprint density at radius 2 is 2.05 bits per heavy atom. The number of piperazine rings is 1. The largest absolute Gasteiger partial charge is 0.455 e. The molecule has 1 aromatic carbocycles. The van der Waals surface area contributed by atoms with Crippen LogP contribution in [0.2, 0.25) is 0 Å². The highest BCUT2D eigenvalue weighted by Gasteiger charge is 2.29. The lowest BCUT2D eigenvalue weighted by Crippen LogP contribution is -2.53. The maximum atomic E-state index is 10.3. The highest BCUT2D eigenvalue weighted by Crippen LogP contribution is 2.32. The summed E-state index contributed by atoms with van der Waals surface area (Å²) in [6, 6.07) is 8.05. The van der Waals surface area contributed by atoms with Gasteiger partial charge in [0.1, 0.15) is 12.0 Å². The van der Waals surface area contributed by atoms with Crippen molar-refractivity contribution in [1.82, 2.24) is 9.80 Å². The number of anilines is 1. The number of nitrogens with zero attached hydrogens (tertiary/aromatic N) is 2. The molecule has 0 bridgehead atoms. The molecule has 2 heterocycles. The Kier molecular flexibility index (Phi) is 4.18. The van der Waals surface area contributed by atoms with E-state index in [9.17, 15) is 4.79 Å². The molecule has 108 valence electrons. The van der Waals surface area contributed by atoms with E-state index in [2.05, 4.69) is 15.1 Å². The van der Waals surface area contributed by atoms with Gasteiger partial charge in [0.2, 0.25) is 6.35 Å². The highest BCUT2D eigenvalue weighted by atomic mass is 16.5. The molecule has 2 aliphatic heterocycles. The molecule has 1 atom stereocenters. The maximum Gasteiger partial charge on any atom is 0.230 e. The van der Waals surface area contributed by atoms with Crippen LogP contribution in [0, 0.1) is 0 Å². The Balaban J connectivity index is 1.47. The van der Waals surface area contributed by atoms with Crippen LogP contribution in [0.1, 0.15) is 12.8 Å². The van der Waals surface area contributed by atoms with E-state index in [1.54, 1.807) is 0 Å². The van der Waals surface area contributed by atoms with Crippen LogP contribution in [0.15, 0.2) is 24.3 Å². The second-order valence-electron chi connectivity index (χ2n) is 5.30. The molecule has 0 aromatic heterocycles. The number of ether oxygens (including phenoxy) is 1. The third-order valence-corrected chi connectivity index (χ3v) is 3.94. The monoisotopic (exact) mass is 275 g/mol. The van der Waals surface area contributed by atoms with Crippen LogP contribution in [0.5, 0.6) is 5.75 Å². The van der Waals surface area contributed by atoms with Gasteiger partial charge in [0.15, 0.2) is 0 Å². The molecular formula is C15H21N3O2. The lowest BCUT2D eigenvalue weighted by molar-refractivity contribution is -0.108. The van der Waals surface area contributed by atoms with Gasteiger partial charge in [-0.3, -0.25) is 0 Å². The Labute approximate surface area is 119 Å². The van der Waals surface area contributed by atoms with Gasteiger partial charge in [0.25, 0.3) is 0 Å². The van der Waals surface area contributed by atoms with Crippen molar-refractivity contribution >= 4 is 12.0 Å². The van der Waals surface area contributed by atoms with E-state index in [1.807, 2.05) is 24.3 Å². The normalized spacial score (nSPS) is 22.9. The molecule has 1 aromatic rings. The Morgan fingerprint density at radius 1 is 1.25 bits per heavy atom. The number of benzene rings is 1. The van der Waals surface area contributed by atoms with Gasteiger partial charge in [-0.2, -0.15) is 0 Å². The van der Waals surface area contributed by atoms with Gasteiger partial charge < -0.3 is 19.7 Å². The van der Waals surface area contributed by atoms with Crippen LogP contribution in [0.25, 0.3) is 0 Å². The molecule has 1 N–H and O–H groups in total. The van der Waals surface area contributed by atoms with E-state index in [0.717, 1.165) is 56.9 Å². The molecular weight excluding hydrogens is 254 g/mol. The minimum Gasteiger partial charge on any atom is -0.455 e. The minimum absolute atomic E-state index is 0.0375. The van der Waals surface area contributed by atoms with E-state index < -0.39 is 0 Å². The third kappa shape index (κ3) is 2.94. The van der Waals surface area contributed by atoms with Gasteiger partial charge >= 0.3 is 0 Å². The van der Waals surface area contributed by atoms with Crippen molar-refractivity contribution in [3.8, 4) is 5.75 Å². The van der Waals surface area contributed by atoms with Gasteiger partial charge in [0, 0.05) is 32.6 Å². The van der Waals surface area contributed by atoms with Crippen LogP contribution in [-0.2, 0) is 4.79 Å². The average Bonchev–Trinajstić information content (AvgIpc) is 2.92. The number of fused-ring (bicyclic) bond motifs is 1. The van der Waals surface area contributed by atoms with Crippen molar-refractivity contribution in [3.63, 3.8) is 0 Å². The van der Waals surface area contributed by atoms with Crippen molar-refractivity contribution in [2.75, 3.05) is 38.0 Å². The molecule has 1 saturated heterocycles. The number of aldehydes is 1. The van der Waals surface area contributed by atoms with Gasteiger partial charge in [-0.05, 0) is 25.1 Å². The van der Waals surface area contributed by atoms with Crippen LogP contribution in [-0.4, -0.2) is 55.2 Å². The number of nitrogens with one attached hydrogen (secondary N) is 1. The van der Waals surface area contributed by atoms with Crippen molar-refractivity contribution in [2.45, 2.75) is 19.2 Å². The zero-order valence-corrected chi connectivity index (χ0v) is 11.6. The number of rotatable bonds is 5. The van der Waals surface area contributed by atoms with Gasteiger partial charge in [-0.1, -0.05) is 12.1 Å². The highest BCUT2D eigenvalue weighted by molar-refractivity contribution is 5.59. The number of hydrogen-bond acceptors (Lipinski definition) is 5. The van der Waals surface area contributed by atoms with E-state index >= 15 is 0 Å². The number of carbonyl (C=O) groups excluding carboxylic acids is 1. The van der Waals surface area contributed by atoms with Gasteiger partial charge in [-0.25, -0.2) is 4.90 Å². The summed E-state index contributed by atoms with van der Waals surface area (Å²) < 4.78 is 5.93. The second kappa shape index (κ2) is 6.24. The SMILES string of the molecule is O=CCCCN1CCN(C2Nc3ccccc3O2)CC1. The lowest BCUT2D eigenvalue weighted by Gasteiger charge is -2.37. The lowest BCUT2D eigenvalue weighted by atomic mass is 10.2. The molecule has 3 rings (SSSR count). The smallest absolute Gasteiger partial charge is 0.230 e. The number of carbonyl (C=O) groups is 1. The van der Waals surface area contributed by atoms with Gasteiger partial charge in [0.05, 0.1) is 5.69 Å². The molecule has 0 saturated carbocycles. The summed E-state index contributed by atoms with van der Waals surface area (Å²) in [6.45, 7) is 5.08. The molecule has 0 aliphatic carbocycles. The summed E-state index contributed by atoms with van der Waals surface area (Å²) in [5.41, 5.74) is 1.07. The van der Waals surface area contributed by atoms with E-state index in [-0.39, 0.29) is 6.35 Å². The van der Waals surface area contributed by atoms with Crippen molar-refractivity contribution in [2.24, 2.45) is 0 Å². The maximum absolute atomic E-state index is 10.3. The molecule has 1 fully saturated rings. The molecule has 20 heavy (non-hydrogen) atoms. The summed E-state index contributed by atoms with van der Waals surface area (Å²) in [6.07, 6.45) is 2.60. The topological polar surface area (TPSA) is 44.8 Å². The molecule has 0 radical (unpaired) electrons. The van der Waals surface area contributed by atoms with E-state index in [0.29, 0.717) is 6.42 Å². The number of para-hydroxylation sites is 2. The van der Waals surface area contributed by atoms with Crippen molar-refractivity contribution < 1.29 is 9.53 Å². The van der Waals surface area contributed by atoms with Crippen LogP contribution >= 0.6 is 0 Å². The molecule has 0 amide bonds. The number of hydrogen-bond donors (Lipinski definition) is 1. The molecule has 0 spiro atoms. The first kappa shape index (κ1) is 13.4. The first-order valence-corrected chi connectivity index (χ1v) is 7.29. The second-order valence-corrected chi connectivity index (χ2v) is 5.30. The summed E-state index contributed by atoms with van der Waals surface area (Å²) >= 11 is 0. The fraction of sp³-hybridized carbons (Fsp3) is 0.533. The van der Waals surface area contributed by atoms with E-state index in [4.69, 9.17) is 4.74 Å². The summed E-state index contributed by atoms with van der Waals surface area (Å²) in [5.74, 6) is 0.936. The van der Waals surface area contributed by atoms with Crippen LogP contribution < -0.4 is 10.1 Å². The fourth-order valence-electron chi connectivity index (χ4n) is 2.76. The zero-order valence-electron chi connectivity index (χ0n) is 11.6. The molecule has 2 aliphatic rings. The molecule has 5 heteroatoms. The Bertz CT molecular complexity index is 433. The Morgan fingerprint density at radius 3 is 2.80 bits per heavy atom. The zero-order chi connectivity index (χ0) is 13.8. The van der Waals surface area contributed by atoms with Crippen LogP contribution in [0.4, 0.5) is 5.69 Å². The predicted molar refractivity (Wildman–Crippen MR) is 77.8 cm³/mol. The quantitative estimate of drug-likeness (QED) is 0.649. The predicted octanol–water partition coefficient (Wildman–Crippen LogP) is 1.37. The minimum atomic E-state index is -0.0375. The van der Waals surface area contributed by atoms with Gasteiger partial charge in [-0.15, -0.1) is 0 Å². The Hall–Kier alpha value is -1.59. The summed E-state index contributed by atoms with van der Waals surface area (Å²) in [5, 5.41) is 3.41. The first-order chi connectivity index (χ1) is 9.86. The molecule has 1 unspecified atom stereocenters.